The van der Waals surface area contributed by atoms with Gasteiger partial charge in [-0.2, -0.15) is 4.52 Å². The topological polar surface area (TPSA) is 106 Å². The molecule has 1 fully saturated rings. The molecule has 0 radical (unpaired) electrons. The van der Waals surface area contributed by atoms with Crippen LogP contribution in [0.3, 0.4) is 0 Å². The molecule has 39 heavy (non-hydrogen) atoms. The Balaban J connectivity index is 1.23. The van der Waals surface area contributed by atoms with Crippen molar-refractivity contribution < 1.29 is 13.9 Å². The summed E-state index contributed by atoms with van der Waals surface area (Å²) in [6.45, 7) is 4.90. The van der Waals surface area contributed by atoms with Crippen LogP contribution in [0.25, 0.3) is 17.2 Å². The van der Waals surface area contributed by atoms with Crippen LogP contribution in [0.15, 0.2) is 71.6 Å². The Morgan fingerprint density at radius 1 is 0.949 bits per heavy atom. The fourth-order valence-corrected chi connectivity index (χ4v) is 4.75. The summed E-state index contributed by atoms with van der Waals surface area (Å²) in [6.07, 6.45) is 5.35. The first kappa shape index (κ1) is 24.7. The zero-order valence-corrected chi connectivity index (χ0v) is 21.9. The number of hydrogen-bond acceptors (Lipinski definition) is 10. The lowest BCUT2D eigenvalue weighted by molar-refractivity contribution is 0.249. The van der Waals surface area contributed by atoms with Crippen LogP contribution in [0.5, 0.6) is 11.5 Å². The first-order chi connectivity index (χ1) is 19.2. The van der Waals surface area contributed by atoms with E-state index in [9.17, 15) is 0 Å². The zero-order valence-electron chi connectivity index (χ0n) is 21.9. The molecule has 1 aliphatic rings. The van der Waals surface area contributed by atoms with E-state index >= 15 is 0 Å². The Kier molecular flexibility index (Phi) is 6.96. The van der Waals surface area contributed by atoms with E-state index in [1.807, 2.05) is 54.9 Å². The zero-order chi connectivity index (χ0) is 26.6. The molecule has 11 nitrogen and oxygen atoms in total. The van der Waals surface area contributed by atoms with E-state index in [1.54, 1.807) is 25.0 Å². The highest BCUT2D eigenvalue weighted by molar-refractivity contribution is 5.58. The quantitative estimate of drug-likeness (QED) is 0.305. The molecule has 1 aromatic carbocycles. The van der Waals surface area contributed by atoms with Gasteiger partial charge in [-0.3, -0.25) is 4.90 Å². The van der Waals surface area contributed by atoms with Gasteiger partial charge in [-0.25, -0.2) is 15.0 Å². The van der Waals surface area contributed by atoms with Crippen LogP contribution in [0.1, 0.15) is 11.1 Å². The van der Waals surface area contributed by atoms with Crippen molar-refractivity contribution >= 4 is 17.4 Å². The highest BCUT2D eigenvalue weighted by atomic mass is 16.5. The summed E-state index contributed by atoms with van der Waals surface area (Å²) in [7, 11) is 3.25. The largest absolute Gasteiger partial charge is 0.493 e. The molecule has 0 amide bonds. The van der Waals surface area contributed by atoms with Crippen LogP contribution in [-0.2, 0) is 13.1 Å². The van der Waals surface area contributed by atoms with Crippen molar-refractivity contribution in [1.29, 1.82) is 0 Å². The van der Waals surface area contributed by atoms with E-state index in [1.165, 1.54) is 0 Å². The van der Waals surface area contributed by atoms with Crippen molar-refractivity contribution in [1.82, 2.24) is 29.5 Å². The van der Waals surface area contributed by atoms with E-state index in [2.05, 4.69) is 26.2 Å². The first-order valence-electron chi connectivity index (χ1n) is 12.8. The maximum absolute atomic E-state index is 5.58. The minimum Gasteiger partial charge on any atom is -0.493 e. The van der Waals surface area contributed by atoms with Crippen LogP contribution < -0.4 is 19.7 Å². The average Bonchev–Trinajstić information content (AvgIpc) is 3.69. The fraction of sp³-hybridized carbons (Fsp3) is 0.286. The van der Waals surface area contributed by atoms with Crippen molar-refractivity contribution in [2.75, 3.05) is 50.6 Å². The molecular formula is C28H30N8O3. The second kappa shape index (κ2) is 11.0. The molecule has 0 atom stereocenters. The molecule has 1 aliphatic heterocycles. The normalized spacial score (nSPS) is 14.1. The smallest absolute Gasteiger partial charge is 0.226 e. The van der Waals surface area contributed by atoms with E-state index in [4.69, 9.17) is 29.0 Å². The molecule has 5 heterocycles. The molecule has 0 unspecified atom stereocenters. The average molecular weight is 527 g/mol. The van der Waals surface area contributed by atoms with Crippen LogP contribution >= 0.6 is 0 Å². The summed E-state index contributed by atoms with van der Waals surface area (Å²) in [5, 5.41) is 8.14. The van der Waals surface area contributed by atoms with Crippen molar-refractivity contribution in [3.8, 4) is 23.1 Å². The first-order valence-corrected chi connectivity index (χ1v) is 12.8. The van der Waals surface area contributed by atoms with Gasteiger partial charge in [0.15, 0.2) is 22.9 Å². The lowest BCUT2D eigenvalue weighted by Gasteiger charge is -2.35. The van der Waals surface area contributed by atoms with Crippen molar-refractivity contribution in [3.05, 3.63) is 78.3 Å². The van der Waals surface area contributed by atoms with Gasteiger partial charge < -0.3 is 24.1 Å². The Bertz CT molecular complexity index is 1530. The fourth-order valence-electron chi connectivity index (χ4n) is 4.75. The van der Waals surface area contributed by atoms with Gasteiger partial charge in [0.05, 0.1) is 20.5 Å². The molecular weight excluding hydrogens is 496 g/mol. The third kappa shape index (κ3) is 5.21. The molecule has 0 saturated carbocycles. The lowest BCUT2D eigenvalue weighted by Crippen LogP contribution is -2.46. The predicted octanol–water partition coefficient (Wildman–Crippen LogP) is 3.73. The number of rotatable bonds is 9. The summed E-state index contributed by atoms with van der Waals surface area (Å²) in [5.74, 6) is 4.10. The van der Waals surface area contributed by atoms with Crippen molar-refractivity contribution in [2.45, 2.75) is 13.1 Å². The molecule has 0 bridgehead atoms. The molecule has 4 aromatic heterocycles. The Morgan fingerprint density at radius 2 is 1.82 bits per heavy atom. The van der Waals surface area contributed by atoms with E-state index in [-0.39, 0.29) is 0 Å². The summed E-state index contributed by atoms with van der Waals surface area (Å²) < 4.78 is 18.1. The lowest BCUT2D eigenvalue weighted by atomic mass is 10.2. The third-order valence-corrected chi connectivity index (χ3v) is 6.82. The summed E-state index contributed by atoms with van der Waals surface area (Å²) in [5.41, 5.74) is 2.77. The highest BCUT2D eigenvalue weighted by Crippen LogP contribution is 2.28. The maximum atomic E-state index is 5.58. The SMILES string of the molecule is COc1ccc(CNc2ncc(CN3CCN(c4ccccn4)CC3)c3nc(-c4ccco4)nn23)cc1OC. The molecule has 1 N–H and O–H groups in total. The van der Waals surface area contributed by atoms with E-state index in [0.717, 1.165) is 55.3 Å². The number of furan rings is 1. The second-order valence-electron chi connectivity index (χ2n) is 9.25. The van der Waals surface area contributed by atoms with Gasteiger partial charge in [0.1, 0.15) is 5.82 Å². The molecule has 0 spiro atoms. The third-order valence-electron chi connectivity index (χ3n) is 6.82. The number of ether oxygens (including phenoxy) is 2. The van der Waals surface area contributed by atoms with Crippen LogP contribution in [-0.4, -0.2) is 69.9 Å². The number of nitrogens with zero attached hydrogens (tertiary/aromatic N) is 7. The summed E-state index contributed by atoms with van der Waals surface area (Å²) in [4.78, 5) is 18.8. The second-order valence-corrected chi connectivity index (χ2v) is 9.25. The minimum absolute atomic E-state index is 0.517. The van der Waals surface area contributed by atoms with Gasteiger partial charge in [0, 0.05) is 57.2 Å². The van der Waals surface area contributed by atoms with Crippen LogP contribution in [0.2, 0.25) is 0 Å². The number of nitrogens with one attached hydrogen (secondary N) is 1. The molecule has 0 aliphatic carbocycles. The Hall–Kier alpha value is -4.64. The maximum Gasteiger partial charge on any atom is 0.226 e. The standard InChI is InChI=1S/C28H30N8O3/c1-37-22-9-8-20(16-24(22)38-2)17-30-28-31-18-21(27-32-26(33-36(27)28)23-6-5-15-39-23)19-34-11-13-35(14-12-34)25-7-3-4-10-29-25/h3-10,15-16,18H,11-14,17,19H2,1-2H3,(H,30,31). The number of pyridine rings is 1. The summed E-state index contributed by atoms with van der Waals surface area (Å²) in [6, 6.07) is 15.5. The van der Waals surface area contributed by atoms with E-state index < -0.39 is 0 Å². The van der Waals surface area contributed by atoms with Gasteiger partial charge in [0.25, 0.3) is 0 Å². The Labute approximate surface area is 226 Å². The molecule has 1 saturated heterocycles. The number of fused-ring (bicyclic) bond motifs is 1. The Morgan fingerprint density at radius 3 is 2.56 bits per heavy atom. The predicted molar refractivity (Wildman–Crippen MR) is 147 cm³/mol. The van der Waals surface area contributed by atoms with Gasteiger partial charge in [-0.1, -0.05) is 12.1 Å². The molecule has 11 heteroatoms. The molecule has 200 valence electrons. The minimum atomic E-state index is 0.517. The monoisotopic (exact) mass is 526 g/mol. The number of methoxy groups -OCH3 is 2. The molecule has 6 rings (SSSR count). The van der Waals surface area contributed by atoms with Gasteiger partial charge >= 0.3 is 0 Å². The number of benzene rings is 1. The van der Waals surface area contributed by atoms with Gasteiger partial charge in [-0.05, 0) is 42.0 Å². The summed E-state index contributed by atoms with van der Waals surface area (Å²) >= 11 is 0. The number of hydrogen-bond donors (Lipinski definition) is 1. The van der Waals surface area contributed by atoms with Crippen molar-refractivity contribution in [2.24, 2.45) is 0 Å². The van der Waals surface area contributed by atoms with E-state index in [0.29, 0.717) is 35.6 Å². The number of piperazine rings is 1. The van der Waals surface area contributed by atoms with Gasteiger partial charge in [-0.15, -0.1) is 5.10 Å². The molecule has 5 aromatic rings. The van der Waals surface area contributed by atoms with Gasteiger partial charge in [0.2, 0.25) is 11.8 Å². The van der Waals surface area contributed by atoms with Crippen LogP contribution in [0.4, 0.5) is 11.8 Å². The number of aromatic nitrogens is 5. The number of anilines is 2. The highest BCUT2D eigenvalue weighted by Gasteiger charge is 2.21. The van der Waals surface area contributed by atoms with Crippen LogP contribution in [0, 0.1) is 0 Å². The van der Waals surface area contributed by atoms with Crippen molar-refractivity contribution in [3.63, 3.8) is 0 Å².